The summed E-state index contributed by atoms with van der Waals surface area (Å²) in [6, 6.07) is 11.6. The van der Waals surface area contributed by atoms with Crippen molar-refractivity contribution in [2.45, 2.75) is 11.8 Å². The average molecular weight is 355 g/mol. The Bertz CT molecular complexity index is 761. The number of methoxy groups -OCH3 is 1. The molecule has 0 saturated carbocycles. The fraction of sp³-hybridized carbons (Fsp3) is 0.250. The van der Waals surface area contributed by atoms with Crippen molar-refractivity contribution in [3.8, 4) is 0 Å². The van der Waals surface area contributed by atoms with Crippen LogP contribution in [0.2, 0.25) is 5.02 Å². The predicted octanol–water partition coefficient (Wildman–Crippen LogP) is 3.51. The first-order chi connectivity index (χ1) is 10.9. The van der Waals surface area contributed by atoms with E-state index in [0.717, 1.165) is 5.69 Å². The Hall–Kier alpha value is -1.76. The Kier molecular flexibility index (Phi) is 5.87. The van der Waals surface area contributed by atoms with Crippen LogP contribution >= 0.6 is 11.6 Å². The van der Waals surface area contributed by atoms with Crippen LogP contribution in [-0.2, 0) is 14.8 Å². The lowest BCUT2D eigenvalue weighted by atomic mass is 10.2. The SMILES string of the molecule is COCCNc1ccc(NS(=O)(=O)c2ccc(Cl)c(C)c2)cc1. The van der Waals surface area contributed by atoms with E-state index in [1.165, 1.54) is 6.07 Å². The van der Waals surface area contributed by atoms with Crippen molar-refractivity contribution in [2.24, 2.45) is 0 Å². The highest BCUT2D eigenvalue weighted by Crippen LogP contribution is 2.22. The predicted molar refractivity (Wildman–Crippen MR) is 93.8 cm³/mol. The summed E-state index contributed by atoms with van der Waals surface area (Å²) >= 11 is 5.93. The topological polar surface area (TPSA) is 67.4 Å². The lowest BCUT2D eigenvalue weighted by Gasteiger charge is -2.11. The lowest BCUT2D eigenvalue weighted by Crippen LogP contribution is -2.13. The van der Waals surface area contributed by atoms with Crippen molar-refractivity contribution in [2.75, 3.05) is 30.3 Å². The molecular formula is C16H19ClN2O3S. The van der Waals surface area contributed by atoms with Crippen LogP contribution in [0.1, 0.15) is 5.56 Å². The Balaban J connectivity index is 2.09. The zero-order valence-electron chi connectivity index (χ0n) is 13.0. The third-order valence-corrected chi connectivity index (χ3v) is 5.02. The quantitative estimate of drug-likeness (QED) is 0.747. The molecule has 0 amide bonds. The normalized spacial score (nSPS) is 11.3. The molecule has 2 aromatic rings. The molecule has 0 unspecified atom stereocenters. The van der Waals surface area contributed by atoms with Crippen molar-refractivity contribution >= 4 is 33.0 Å². The van der Waals surface area contributed by atoms with Crippen LogP contribution in [0.15, 0.2) is 47.4 Å². The zero-order chi connectivity index (χ0) is 16.9. The van der Waals surface area contributed by atoms with Crippen molar-refractivity contribution in [3.05, 3.63) is 53.1 Å². The number of halogens is 1. The van der Waals surface area contributed by atoms with Gasteiger partial charge in [0.1, 0.15) is 0 Å². The molecule has 5 nitrogen and oxygen atoms in total. The maximum absolute atomic E-state index is 12.4. The van der Waals surface area contributed by atoms with Gasteiger partial charge in [-0.3, -0.25) is 4.72 Å². The minimum atomic E-state index is -3.64. The Labute approximate surface area is 141 Å². The summed E-state index contributed by atoms with van der Waals surface area (Å²) in [6.07, 6.45) is 0. The van der Waals surface area contributed by atoms with Crippen molar-refractivity contribution in [3.63, 3.8) is 0 Å². The van der Waals surface area contributed by atoms with Crippen molar-refractivity contribution < 1.29 is 13.2 Å². The highest BCUT2D eigenvalue weighted by atomic mass is 35.5. The first-order valence-corrected chi connectivity index (χ1v) is 8.90. The van der Waals surface area contributed by atoms with Crippen molar-refractivity contribution in [1.29, 1.82) is 0 Å². The van der Waals surface area contributed by atoms with Crippen LogP contribution in [-0.4, -0.2) is 28.7 Å². The molecule has 7 heteroatoms. The van der Waals surface area contributed by atoms with Crippen molar-refractivity contribution in [1.82, 2.24) is 0 Å². The summed E-state index contributed by atoms with van der Waals surface area (Å²) in [6.45, 7) is 3.05. The van der Waals surface area contributed by atoms with Crippen LogP contribution < -0.4 is 10.0 Å². The molecule has 0 aliphatic carbocycles. The Morgan fingerprint density at radius 3 is 2.35 bits per heavy atom. The van der Waals surface area contributed by atoms with Crippen LogP contribution in [0.3, 0.4) is 0 Å². The van der Waals surface area contributed by atoms with E-state index < -0.39 is 10.0 Å². The van der Waals surface area contributed by atoms with E-state index in [9.17, 15) is 8.42 Å². The summed E-state index contributed by atoms with van der Waals surface area (Å²) in [5, 5.41) is 3.70. The van der Waals surface area contributed by atoms with E-state index >= 15 is 0 Å². The molecule has 0 aliphatic heterocycles. The molecule has 0 aromatic heterocycles. The smallest absolute Gasteiger partial charge is 0.261 e. The van der Waals surface area contributed by atoms with E-state index in [4.69, 9.17) is 16.3 Å². The van der Waals surface area contributed by atoms with E-state index in [2.05, 4.69) is 10.0 Å². The maximum atomic E-state index is 12.4. The fourth-order valence-electron chi connectivity index (χ4n) is 1.95. The number of hydrogen-bond donors (Lipinski definition) is 2. The first-order valence-electron chi connectivity index (χ1n) is 7.04. The third kappa shape index (κ3) is 4.86. The highest BCUT2D eigenvalue weighted by molar-refractivity contribution is 7.92. The molecule has 0 spiro atoms. The molecule has 0 aliphatic rings. The molecule has 2 aromatic carbocycles. The van der Waals surface area contributed by atoms with Crippen LogP contribution in [0.4, 0.5) is 11.4 Å². The molecule has 0 atom stereocenters. The molecule has 23 heavy (non-hydrogen) atoms. The van der Waals surface area contributed by atoms with Gasteiger partial charge in [0.05, 0.1) is 11.5 Å². The molecular weight excluding hydrogens is 336 g/mol. The second kappa shape index (κ2) is 7.68. The Morgan fingerprint density at radius 1 is 1.09 bits per heavy atom. The molecule has 0 saturated heterocycles. The summed E-state index contributed by atoms with van der Waals surface area (Å²) in [5.41, 5.74) is 2.11. The standard InChI is InChI=1S/C16H19ClN2O3S/c1-12-11-15(7-8-16(12)17)23(20,21)19-14-5-3-13(4-6-14)18-9-10-22-2/h3-8,11,18-19H,9-10H2,1-2H3. The summed E-state index contributed by atoms with van der Waals surface area (Å²) in [7, 11) is -2.00. The van der Waals surface area contributed by atoms with Gasteiger partial charge in [-0.1, -0.05) is 11.6 Å². The highest BCUT2D eigenvalue weighted by Gasteiger charge is 2.15. The summed E-state index contributed by atoms with van der Waals surface area (Å²) in [4.78, 5) is 0.182. The van der Waals surface area contributed by atoms with Crippen LogP contribution in [0, 0.1) is 6.92 Å². The molecule has 2 N–H and O–H groups in total. The molecule has 2 rings (SSSR count). The fourth-order valence-corrected chi connectivity index (χ4v) is 3.21. The van der Waals surface area contributed by atoms with E-state index in [0.29, 0.717) is 29.4 Å². The number of nitrogens with one attached hydrogen (secondary N) is 2. The average Bonchev–Trinajstić information content (AvgIpc) is 2.51. The van der Waals surface area contributed by atoms with Crippen LogP contribution in [0.25, 0.3) is 0 Å². The van der Waals surface area contributed by atoms with Gasteiger partial charge in [0, 0.05) is 30.1 Å². The lowest BCUT2D eigenvalue weighted by molar-refractivity contribution is 0.211. The van der Waals surface area contributed by atoms with E-state index in [1.807, 2.05) is 0 Å². The number of anilines is 2. The van der Waals surface area contributed by atoms with Gasteiger partial charge in [0.15, 0.2) is 0 Å². The number of rotatable bonds is 7. The molecule has 0 radical (unpaired) electrons. The van der Waals surface area contributed by atoms with Gasteiger partial charge in [-0.2, -0.15) is 0 Å². The summed E-state index contributed by atoms with van der Waals surface area (Å²) in [5.74, 6) is 0. The second-order valence-electron chi connectivity index (χ2n) is 5.01. The monoisotopic (exact) mass is 354 g/mol. The number of sulfonamides is 1. The molecule has 0 heterocycles. The van der Waals surface area contributed by atoms with Gasteiger partial charge in [-0.25, -0.2) is 8.42 Å². The largest absolute Gasteiger partial charge is 0.383 e. The van der Waals surface area contributed by atoms with Gasteiger partial charge >= 0.3 is 0 Å². The van der Waals surface area contributed by atoms with Gasteiger partial charge in [0.2, 0.25) is 0 Å². The minimum absolute atomic E-state index is 0.182. The maximum Gasteiger partial charge on any atom is 0.261 e. The molecule has 0 bridgehead atoms. The van der Waals surface area contributed by atoms with Gasteiger partial charge in [-0.15, -0.1) is 0 Å². The van der Waals surface area contributed by atoms with E-state index in [1.54, 1.807) is 50.4 Å². The first kappa shape index (κ1) is 17.6. The van der Waals surface area contributed by atoms with E-state index in [-0.39, 0.29) is 4.90 Å². The second-order valence-corrected chi connectivity index (χ2v) is 7.10. The number of aryl methyl sites for hydroxylation is 1. The molecule has 0 fully saturated rings. The zero-order valence-corrected chi connectivity index (χ0v) is 14.5. The molecule has 124 valence electrons. The number of hydrogen-bond acceptors (Lipinski definition) is 4. The number of benzene rings is 2. The minimum Gasteiger partial charge on any atom is -0.383 e. The number of ether oxygens (including phenoxy) is 1. The Morgan fingerprint density at radius 2 is 1.74 bits per heavy atom. The summed E-state index contributed by atoms with van der Waals surface area (Å²) < 4.78 is 32.3. The third-order valence-electron chi connectivity index (χ3n) is 3.21. The van der Waals surface area contributed by atoms with Gasteiger partial charge in [-0.05, 0) is 55.0 Å². The van der Waals surface area contributed by atoms with Crippen LogP contribution in [0.5, 0.6) is 0 Å². The van der Waals surface area contributed by atoms with Gasteiger partial charge < -0.3 is 10.1 Å². The van der Waals surface area contributed by atoms with Gasteiger partial charge in [0.25, 0.3) is 10.0 Å².